The highest BCUT2D eigenvalue weighted by Gasteiger charge is 2.76. The minimum atomic E-state index is -5.25. The van der Waals surface area contributed by atoms with Crippen LogP contribution in [0.1, 0.15) is 35.4 Å². The van der Waals surface area contributed by atoms with E-state index in [4.69, 9.17) is 27.9 Å². The fourth-order valence-electron chi connectivity index (χ4n) is 7.39. The number of ether oxygens (including phenoxy) is 1. The number of alkyl halides is 8. The Hall–Kier alpha value is -2.82. The van der Waals surface area contributed by atoms with Gasteiger partial charge in [-0.15, -0.1) is 23.2 Å². The number of phenolic OH excluding ortho intramolecular Hbond substituents is 1. The quantitative estimate of drug-likeness (QED) is 0.152. The first-order chi connectivity index (χ1) is 22.1. The van der Waals surface area contributed by atoms with Gasteiger partial charge < -0.3 is 9.84 Å². The first-order valence-electron chi connectivity index (χ1n) is 13.9. The van der Waals surface area contributed by atoms with Gasteiger partial charge in [-0.25, -0.2) is 4.90 Å². The predicted octanol–water partition coefficient (Wildman–Crippen LogP) is 7.16. The third-order valence-corrected chi connectivity index (χ3v) is 13.1. The SMILES string of the molecule is COc1cc(C2C3=CCC4C(=O)N(c5cc(C(F)(F)F)cc(C(F)(F)F)c5)C(=O)C4C3CC3(Cl)C(=O)N(C)C(=O)C23Cl)c(Br)c(Br)c1O. The minimum Gasteiger partial charge on any atom is -0.503 e. The number of hydrogen-bond donors (Lipinski definition) is 1. The number of carbonyl (C=O) groups is 4. The molecule has 2 aromatic carbocycles. The number of rotatable bonds is 3. The van der Waals surface area contributed by atoms with Gasteiger partial charge in [0.05, 0.1) is 40.2 Å². The van der Waals surface area contributed by atoms with Gasteiger partial charge in [0, 0.05) is 17.4 Å². The van der Waals surface area contributed by atoms with E-state index in [2.05, 4.69) is 31.9 Å². The maximum Gasteiger partial charge on any atom is 0.416 e. The van der Waals surface area contributed by atoms with Crippen LogP contribution in [-0.4, -0.2) is 57.5 Å². The Morgan fingerprint density at radius 1 is 0.896 bits per heavy atom. The molecular weight excluding hydrogens is 829 g/mol. The molecule has 4 aliphatic rings. The summed E-state index contributed by atoms with van der Waals surface area (Å²) in [7, 11) is 2.42. The maximum absolute atomic E-state index is 14.1. The molecule has 2 saturated heterocycles. The molecule has 1 N–H and O–H groups in total. The molecule has 3 fully saturated rings. The number of likely N-dealkylation sites (tertiary alicyclic amines) is 1. The second-order valence-corrected chi connectivity index (χ2v) is 14.7. The molecule has 6 atom stereocenters. The number of methoxy groups -OCH3 is 1. The average Bonchev–Trinajstić information content (AvgIpc) is 3.34. The summed E-state index contributed by atoms with van der Waals surface area (Å²) in [4.78, 5) is 51.9. The molecule has 0 radical (unpaired) electrons. The summed E-state index contributed by atoms with van der Waals surface area (Å²) in [6.45, 7) is 0. The van der Waals surface area contributed by atoms with Gasteiger partial charge in [-0.05, 0) is 80.4 Å². The van der Waals surface area contributed by atoms with Crippen molar-refractivity contribution < 1.29 is 55.4 Å². The van der Waals surface area contributed by atoms with Crippen LogP contribution >= 0.6 is 55.1 Å². The van der Waals surface area contributed by atoms with Crippen LogP contribution in [0.5, 0.6) is 11.5 Å². The first kappa shape index (κ1) is 35.0. The zero-order chi connectivity index (χ0) is 35.6. The summed E-state index contributed by atoms with van der Waals surface area (Å²) in [5.74, 6) is -9.49. The molecule has 0 spiro atoms. The molecule has 6 rings (SSSR count). The summed E-state index contributed by atoms with van der Waals surface area (Å²) >= 11 is 20.9. The fourth-order valence-corrected chi connectivity index (χ4v) is 9.36. The zero-order valence-corrected chi connectivity index (χ0v) is 29.0. The molecule has 6 unspecified atom stereocenters. The van der Waals surface area contributed by atoms with Crippen LogP contribution in [0.4, 0.5) is 32.0 Å². The second-order valence-electron chi connectivity index (χ2n) is 11.9. The van der Waals surface area contributed by atoms with Gasteiger partial charge in [0.1, 0.15) is 0 Å². The van der Waals surface area contributed by atoms with Gasteiger partial charge in [-0.3, -0.25) is 24.1 Å². The van der Waals surface area contributed by atoms with Gasteiger partial charge in [0.25, 0.3) is 11.8 Å². The van der Waals surface area contributed by atoms with E-state index in [0.717, 1.165) is 11.9 Å². The van der Waals surface area contributed by atoms with Crippen molar-refractivity contribution in [3.05, 3.63) is 61.6 Å². The Morgan fingerprint density at radius 2 is 1.48 bits per heavy atom. The number of hydrogen-bond acceptors (Lipinski definition) is 6. The van der Waals surface area contributed by atoms with E-state index in [-0.39, 0.29) is 44.1 Å². The highest BCUT2D eigenvalue weighted by molar-refractivity contribution is 9.13. The van der Waals surface area contributed by atoms with Crippen LogP contribution in [0.25, 0.3) is 0 Å². The standard InChI is InChI=1S/C30H20Br2Cl2F6N2O6/c1-41-25(46)27(33)9-16-13(19(28(27,34)26(41)47)15-8-17(48-2)22(43)21(32)20(15)31)3-4-14-18(16)24(45)42(23(14)44)12-6-10(29(35,36)37)5-11(7-12)30(38,39)40/h3,5-8,14,16,18-19,43H,4,9H2,1-2H3. The maximum atomic E-state index is 14.1. The van der Waals surface area contributed by atoms with E-state index in [9.17, 15) is 50.6 Å². The lowest BCUT2D eigenvalue weighted by Crippen LogP contribution is -2.60. The van der Waals surface area contributed by atoms with Crippen molar-refractivity contribution in [2.24, 2.45) is 17.8 Å². The van der Waals surface area contributed by atoms with Crippen LogP contribution in [0.15, 0.2) is 44.9 Å². The average molecular weight is 849 g/mol. The number of nitrogens with zero attached hydrogens (tertiary/aromatic N) is 2. The predicted molar refractivity (Wildman–Crippen MR) is 164 cm³/mol. The van der Waals surface area contributed by atoms with E-state index in [1.807, 2.05) is 0 Å². The van der Waals surface area contributed by atoms with E-state index in [0.29, 0.717) is 17.0 Å². The molecule has 0 aromatic heterocycles. The molecule has 0 bridgehead atoms. The Labute approximate surface area is 294 Å². The smallest absolute Gasteiger partial charge is 0.416 e. The normalized spacial score (nSPS) is 30.4. The van der Waals surface area contributed by atoms with Gasteiger partial charge in [0.2, 0.25) is 11.8 Å². The fraction of sp³-hybridized carbons (Fsp3) is 0.400. The van der Waals surface area contributed by atoms with Crippen LogP contribution in [0, 0.1) is 17.8 Å². The molecule has 2 heterocycles. The lowest BCUT2D eigenvalue weighted by molar-refractivity contribution is -0.143. The number of allylic oxidation sites excluding steroid dienone is 2. The van der Waals surface area contributed by atoms with E-state index in [1.54, 1.807) is 0 Å². The molecule has 2 aliphatic carbocycles. The van der Waals surface area contributed by atoms with Crippen molar-refractivity contribution in [2.75, 3.05) is 19.1 Å². The zero-order valence-electron chi connectivity index (χ0n) is 24.3. The number of halogens is 10. The summed E-state index contributed by atoms with van der Waals surface area (Å²) in [6.07, 6.45) is -9.67. The monoisotopic (exact) mass is 846 g/mol. The van der Waals surface area contributed by atoms with E-state index in [1.165, 1.54) is 19.3 Å². The Kier molecular flexibility index (Phi) is 8.09. The van der Waals surface area contributed by atoms with Crippen molar-refractivity contribution >= 4 is 84.4 Å². The Balaban J connectivity index is 1.54. The van der Waals surface area contributed by atoms with Crippen LogP contribution in [0.2, 0.25) is 0 Å². The van der Waals surface area contributed by atoms with Crippen molar-refractivity contribution in [1.29, 1.82) is 0 Å². The number of imide groups is 2. The molecule has 2 aromatic rings. The number of amides is 4. The van der Waals surface area contributed by atoms with Crippen LogP contribution in [-0.2, 0) is 31.5 Å². The molecule has 4 amide bonds. The number of benzene rings is 2. The lowest BCUT2D eigenvalue weighted by Gasteiger charge is -2.51. The summed E-state index contributed by atoms with van der Waals surface area (Å²) < 4.78 is 87.7. The third-order valence-electron chi connectivity index (χ3n) is 9.55. The van der Waals surface area contributed by atoms with Crippen LogP contribution < -0.4 is 9.64 Å². The minimum absolute atomic E-state index is 0.0714. The number of phenols is 1. The second kappa shape index (κ2) is 11.1. The molecule has 18 heteroatoms. The number of anilines is 1. The van der Waals surface area contributed by atoms with Gasteiger partial charge in [0.15, 0.2) is 21.2 Å². The highest BCUT2D eigenvalue weighted by atomic mass is 79.9. The van der Waals surface area contributed by atoms with E-state index >= 15 is 0 Å². The number of fused-ring (bicyclic) bond motifs is 4. The van der Waals surface area contributed by atoms with Crippen molar-refractivity contribution in [3.8, 4) is 11.5 Å². The van der Waals surface area contributed by atoms with E-state index < -0.39 is 92.6 Å². The lowest BCUT2D eigenvalue weighted by atomic mass is 9.56. The largest absolute Gasteiger partial charge is 0.503 e. The molecule has 8 nitrogen and oxygen atoms in total. The van der Waals surface area contributed by atoms with Crippen molar-refractivity contribution in [1.82, 2.24) is 4.90 Å². The molecule has 48 heavy (non-hydrogen) atoms. The summed E-state index contributed by atoms with van der Waals surface area (Å²) in [5.41, 5.74) is -3.91. The molecule has 2 aliphatic heterocycles. The van der Waals surface area contributed by atoms with Crippen molar-refractivity contribution in [3.63, 3.8) is 0 Å². The molecule has 256 valence electrons. The molecular formula is C30H20Br2Cl2F6N2O6. The Bertz CT molecular complexity index is 1840. The number of aromatic hydroxyl groups is 1. The van der Waals surface area contributed by atoms with Gasteiger partial charge >= 0.3 is 12.4 Å². The third kappa shape index (κ3) is 4.68. The topological polar surface area (TPSA) is 104 Å². The Morgan fingerprint density at radius 3 is 2.02 bits per heavy atom. The van der Waals surface area contributed by atoms with Gasteiger partial charge in [-0.2, -0.15) is 26.3 Å². The summed E-state index contributed by atoms with van der Waals surface area (Å²) in [6, 6.07) is 1.81. The van der Waals surface area contributed by atoms with Crippen LogP contribution in [0.3, 0.4) is 0 Å². The summed E-state index contributed by atoms with van der Waals surface area (Å²) in [5, 5.41) is 10.6. The molecule has 1 saturated carbocycles. The van der Waals surface area contributed by atoms with Crippen molar-refractivity contribution in [2.45, 2.75) is 40.9 Å². The highest BCUT2D eigenvalue weighted by Crippen LogP contribution is 2.66. The first-order valence-corrected chi connectivity index (χ1v) is 16.3. The number of carbonyl (C=O) groups excluding carboxylic acids is 4. The van der Waals surface area contributed by atoms with Gasteiger partial charge in [-0.1, -0.05) is 11.6 Å².